The van der Waals surface area contributed by atoms with E-state index in [0.717, 1.165) is 0 Å². The third-order valence-corrected chi connectivity index (χ3v) is 2.43. The quantitative estimate of drug-likeness (QED) is 0.819. The summed E-state index contributed by atoms with van der Waals surface area (Å²) in [5, 5.41) is 4.44. The summed E-state index contributed by atoms with van der Waals surface area (Å²) in [6.45, 7) is 0. The molecule has 0 atom stereocenters. The van der Waals surface area contributed by atoms with Crippen LogP contribution in [0.5, 0.6) is 11.5 Å². The summed E-state index contributed by atoms with van der Waals surface area (Å²) < 4.78 is 10.2. The fraction of sp³-hybridized carbons (Fsp3) is 0.250. The van der Waals surface area contributed by atoms with Gasteiger partial charge in [0, 0.05) is 12.1 Å². The van der Waals surface area contributed by atoms with E-state index in [1.54, 1.807) is 37.8 Å². The van der Waals surface area contributed by atoms with E-state index in [2.05, 4.69) is 5.32 Å². The summed E-state index contributed by atoms with van der Waals surface area (Å²) in [4.78, 5) is 11.5. The Kier molecular flexibility index (Phi) is 5.42. The van der Waals surface area contributed by atoms with Gasteiger partial charge in [-0.15, -0.1) is 11.8 Å². The summed E-state index contributed by atoms with van der Waals surface area (Å²) in [7, 11) is 3.12. The Morgan fingerprint density at radius 1 is 1.35 bits per heavy atom. The SMILES string of the molecule is COc1ccc(NC(=O)C=CSC)c(OC)c1. The number of amides is 1. The first-order chi connectivity index (χ1) is 8.21. The van der Waals surface area contributed by atoms with Gasteiger partial charge in [-0.2, -0.15) is 0 Å². The van der Waals surface area contributed by atoms with Gasteiger partial charge in [0.25, 0.3) is 0 Å². The molecule has 0 aliphatic heterocycles. The lowest BCUT2D eigenvalue weighted by atomic mass is 10.2. The lowest BCUT2D eigenvalue weighted by Crippen LogP contribution is -2.08. The molecule has 1 N–H and O–H groups in total. The van der Waals surface area contributed by atoms with Gasteiger partial charge in [0.05, 0.1) is 19.9 Å². The van der Waals surface area contributed by atoms with Crippen molar-refractivity contribution >= 4 is 23.4 Å². The number of carbonyl (C=O) groups excluding carboxylic acids is 1. The van der Waals surface area contributed by atoms with Crippen LogP contribution < -0.4 is 14.8 Å². The molecule has 0 bridgehead atoms. The molecule has 92 valence electrons. The standard InChI is InChI=1S/C12H15NO3S/c1-15-9-4-5-10(11(8-9)16-2)13-12(14)6-7-17-3/h4-8H,1-3H3,(H,13,14). The first-order valence-corrected chi connectivity index (χ1v) is 6.22. The number of carbonyl (C=O) groups is 1. The Morgan fingerprint density at radius 3 is 2.71 bits per heavy atom. The summed E-state index contributed by atoms with van der Waals surface area (Å²) in [6.07, 6.45) is 3.35. The molecule has 0 heterocycles. The first-order valence-electron chi connectivity index (χ1n) is 4.93. The highest BCUT2D eigenvalue weighted by Crippen LogP contribution is 2.28. The van der Waals surface area contributed by atoms with E-state index in [1.165, 1.54) is 17.8 Å². The molecule has 1 rings (SSSR count). The molecule has 0 unspecified atom stereocenters. The van der Waals surface area contributed by atoms with Gasteiger partial charge in [0.2, 0.25) is 5.91 Å². The van der Waals surface area contributed by atoms with Crippen LogP contribution in [0.4, 0.5) is 5.69 Å². The molecule has 0 saturated heterocycles. The van der Waals surface area contributed by atoms with Crippen LogP contribution in [0.15, 0.2) is 29.7 Å². The lowest BCUT2D eigenvalue weighted by Gasteiger charge is -2.10. The van der Waals surface area contributed by atoms with Crippen LogP contribution in [0.2, 0.25) is 0 Å². The Bertz CT molecular complexity index is 418. The summed E-state index contributed by atoms with van der Waals surface area (Å²) in [6, 6.07) is 5.22. The number of ether oxygens (including phenoxy) is 2. The molecule has 0 fully saturated rings. The van der Waals surface area contributed by atoms with Gasteiger partial charge >= 0.3 is 0 Å². The van der Waals surface area contributed by atoms with E-state index in [4.69, 9.17) is 9.47 Å². The predicted octanol–water partition coefficient (Wildman–Crippen LogP) is 2.52. The number of rotatable bonds is 5. The van der Waals surface area contributed by atoms with Gasteiger partial charge in [0.1, 0.15) is 11.5 Å². The van der Waals surface area contributed by atoms with Gasteiger partial charge in [-0.25, -0.2) is 0 Å². The van der Waals surface area contributed by atoms with Gasteiger partial charge in [-0.3, -0.25) is 4.79 Å². The van der Waals surface area contributed by atoms with E-state index in [0.29, 0.717) is 17.2 Å². The van der Waals surface area contributed by atoms with E-state index in [1.807, 2.05) is 6.26 Å². The zero-order valence-electron chi connectivity index (χ0n) is 10.0. The van der Waals surface area contributed by atoms with Crippen LogP contribution in [0.1, 0.15) is 0 Å². The molecule has 4 nitrogen and oxygen atoms in total. The Balaban J connectivity index is 2.83. The second-order valence-corrected chi connectivity index (χ2v) is 3.84. The zero-order chi connectivity index (χ0) is 12.7. The van der Waals surface area contributed by atoms with E-state index in [-0.39, 0.29) is 5.91 Å². The number of nitrogens with one attached hydrogen (secondary N) is 1. The number of hydrogen-bond donors (Lipinski definition) is 1. The van der Waals surface area contributed by atoms with Crippen molar-refractivity contribution in [3.8, 4) is 11.5 Å². The van der Waals surface area contributed by atoms with Crippen molar-refractivity contribution in [1.29, 1.82) is 0 Å². The highest BCUT2D eigenvalue weighted by atomic mass is 32.2. The van der Waals surface area contributed by atoms with Gasteiger partial charge < -0.3 is 14.8 Å². The van der Waals surface area contributed by atoms with Crippen LogP contribution in [0, 0.1) is 0 Å². The topological polar surface area (TPSA) is 47.6 Å². The van der Waals surface area contributed by atoms with E-state index >= 15 is 0 Å². The zero-order valence-corrected chi connectivity index (χ0v) is 10.8. The van der Waals surface area contributed by atoms with Crippen LogP contribution in [0.3, 0.4) is 0 Å². The van der Waals surface area contributed by atoms with Crippen molar-refractivity contribution < 1.29 is 14.3 Å². The maximum absolute atomic E-state index is 11.5. The Morgan fingerprint density at radius 2 is 2.12 bits per heavy atom. The van der Waals surface area contributed by atoms with E-state index in [9.17, 15) is 4.79 Å². The van der Waals surface area contributed by atoms with E-state index < -0.39 is 0 Å². The first kappa shape index (κ1) is 13.4. The minimum Gasteiger partial charge on any atom is -0.497 e. The molecular formula is C12H15NO3S. The van der Waals surface area contributed by atoms with Crippen molar-refractivity contribution in [2.24, 2.45) is 0 Å². The summed E-state index contributed by atoms with van der Waals surface area (Å²) >= 11 is 1.46. The van der Waals surface area contributed by atoms with Crippen LogP contribution in [-0.4, -0.2) is 26.4 Å². The second-order valence-electron chi connectivity index (χ2n) is 3.09. The number of thioether (sulfide) groups is 1. The minimum atomic E-state index is -0.192. The van der Waals surface area contributed by atoms with Crippen molar-refractivity contribution in [3.63, 3.8) is 0 Å². The molecular weight excluding hydrogens is 238 g/mol. The molecule has 0 spiro atoms. The van der Waals surface area contributed by atoms with Crippen molar-refractivity contribution in [1.82, 2.24) is 0 Å². The summed E-state index contributed by atoms with van der Waals surface area (Å²) in [5.41, 5.74) is 0.615. The molecule has 0 saturated carbocycles. The van der Waals surface area contributed by atoms with Gasteiger partial charge in [-0.05, 0) is 23.8 Å². The highest BCUT2D eigenvalue weighted by molar-refractivity contribution is 8.01. The van der Waals surface area contributed by atoms with Crippen LogP contribution >= 0.6 is 11.8 Å². The fourth-order valence-corrected chi connectivity index (χ4v) is 1.47. The van der Waals surface area contributed by atoms with Crippen LogP contribution in [0.25, 0.3) is 0 Å². The molecule has 0 aromatic heterocycles. The maximum Gasteiger partial charge on any atom is 0.248 e. The monoisotopic (exact) mass is 253 g/mol. The van der Waals surface area contributed by atoms with Crippen LogP contribution in [-0.2, 0) is 4.79 Å². The number of anilines is 1. The highest BCUT2D eigenvalue weighted by Gasteiger charge is 2.06. The van der Waals surface area contributed by atoms with Crippen molar-refractivity contribution in [3.05, 3.63) is 29.7 Å². The normalized spacial score (nSPS) is 10.3. The van der Waals surface area contributed by atoms with Gasteiger partial charge in [0.15, 0.2) is 0 Å². The van der Waals surface area contributed by atoms with Crippen molar-refractivity contribution in [2.45, 2.75) is 0 Å². The largest absolute Gasteiger partial charge is 0.497 e. The number of hydrogen-bond acceptors (Lipinski definition) is 4. The number of benzene rings is 1. The minimum absolute atomic E-state index is 0.192. The summed E-state index contributed by atoms with van der Waals surface area (Å²) in [5.74, 6) is 1.05. The average molecular weight is 253 g/mol. The smallest absolute Gasteiger partial charge is 0.248 e. The molecule has 1 amide bonds. The Labute approximate surface area is 105 Å². The molecule has 1 aromatic carbocycles. The Hall–Kier alpha value is -1.62. The lowest BCUT2D eigenvalue weighted by molar-refractivity contribution is -0.111. The molecule has 0 aliphatic rings. The maximum atomic E-state index is 11.5. The molecule has 1 aromatic rings. The number of methoxy groups -OCH3 is 2. The second kappa shape index (κ2) is 6.85. The third-order valence-electron chi connectivity index (χ3n) is 2.02. The fourth-order valence-electron chi connectivity index (χ4n) is 1.21. The van der Waals surface area contributed by atoms with Crippen molar-refractivity contribution in [2.75, 3.05) is 25.8 Å². The predicted molar refractivity (Wildman–Crippen MR) is 70.8 cm³/mol. The molecule has 0 aliphatic carbocycles. The molecule has 17 heavy (non-hydrogen) atoms. The molecule has 5 heteroatoms. The third kappa shape index (κ3) is 4.03. The average Bonchev–Trinajstić information content (AvgIpc) is 2.36. The van der Waals surface area contributed by atoms with Gasteiger partial charge in [-0.1, -0.05) is 0 Å². The molecule has 0 radical (unpaired) electrons.